The molecule has 3 N–H and O–H groups in total. The first kappa shape index (κ1) is 20.6. The third kappa shape index (κ3) is 5.25. The van der Waals surface area contributed by atoms with Crippen molar-refractivity contribution >= 4 is 39.9 Å². The summed E-state index contributed by atoms with van der Waals surface area (Å²) in [7, 11) is 0. The van der Waals surface area contributed by atoms with Crippen LogP contribution in [0.2, 0.25) is 4.34 Å². The maximum absolute atomic E-state index is 10.3. The Hall–Kier alpha value is -2.09. The molecule has 0 aliphatic carbocycles. The highest BCUT2D eigenvalue weighted by Gasteiger charge is 2.10. The fraction of sp³-hybridized carbons (Fsp3) is 0.400. The molecule has 1 atom stereocenters. The fourth-order valence-electron chi connectivity index (χ4n) is 3.04. The zero-order valence-electron chi connectivity index (χ0n) is 16.2. The number of halogens is 1. The lowest BCUT2D eigenvalue weighted by Crippen LogP contribution is -2.38. The van der Waals surface area contributed by atoms with E-state index in [0.717, 1.165) is 42.3 Å². The van der Waals surface area contributed by atoms with Crippen molar-refractivity contribution in [3.05, 3.63) is 51.4 Å². The van der Waals surface area contributed by atoms with Gasteiger partial charge in [0.15, 0.2) is 5.96 Å². The maximum Gasteiger partial charge on any atom is 0.191 e. The summed E-state index contributed by atoms with van der Waals surface area (Å²) in [6, 6.07) is 11.8. The van der Waals surface area contributed by atoms with Crippen LogP contribution in [0.1, 0.15) is 30.2 Å². The van der Waals surface area contributed by atoms with Crippen molar-refractivity contribution in [3.63, 3.8) is 0 Å². The average molecular weight is 420 g/mol. The number of aryl methyl sites for hydroxylation is 2. The summed E-state index contributed by atoms with van der Waals surface area (Å²) in [5.74, 6) is 1.73. The Labute approximate surface area is 174 Å². The Morgan fingerprint density at radius 2 is 2.11 bits per heavy atom. The van der Waals surface area contributed by atoms with E-state index in [9.17, 15) is 5.11 Å². The average Bonchev–Trinajstić information content (AvgIpc) is 3.25. The smallest absolute Gasteiger partial charge is 0.191 e. The maximum atomic E-state index is 10.3. The molecule has 0 spiro atoms. The Bertz CT molecular complexity index is 936. The highest BCUT2D eigenvalue weighted by molar-refractivity contribution is 7.16. The zero-order chi connectivity index (χ0) is 19.9. The van der Waals surface area contributed by atoms with Gasteiger partial charge in [-0.15, -0.1) is 11.3 Å². The van der Waals surface area contributed by atoms with E-state index in [1.54, 1.807) is 6.07 Å². The van der Waals surface area contributed by atoms with Crippen molar-refractivity contribution in [1.82, 2.24) is 20.2 Å². The summed E-state index contributed by atoms with van der Waals surface area (Å²) in [6.07, 6.45) is 0.294. The van der Waals surface area contributed by atoms with Crippen LogP contribution in [0.4, 0.5) is 0 Å². The second-order valence-electron chi connectivity index (χ2n) is 6.46. The van der Waals surface area contributed by atoms with Gasteiger partial charge in [0.05, 0.1) is 21.9 Å². The first-order valence-corrected chi connectivity index (χ1v) is 10.6. The van der Waals surface area contributed by atoms with Crippen molar-refractivity contribution in [2.45, 2.75) is 32.9 Å². The topological polar surface area (TPSA) is 74.5 Å². The van der Waals surface area contributed by atoms with E-state index >= 15 is 0 Å². The highest BCUT2D eigenvalue weighted by atomic mass is 35.5. The lowest BCUT2D eigenvalue weighted by molar-refractivity contribution is 0.191. The van der Waals surface area contributed by atoms with E-state index in [2.05, 4.69) is 31.2 Å². The number of rotatable bonds is 8. The van der Waals surface area contributed by atoms with E-state index in [1.165, 1.54) is 16.9 Å². The van der Waals surface area contributed by atoms with Crippen LogP contribution in [0.25, 0.3) is 11.0 Å². The molecule has 0 aliphatic rings. The quantitative estimate of drug-likeness (QED) is 0.295. The van der Waals surface area contributed by atoms with Crippen molar-refractivity contribution in [2.24, 2.45) is 4.99 Å². The third-order valence-corrected chi connectivity index (χ3v) is 5.72. The van der Waals surface area contributed by atoms with Gasteiger partial charge in [-0.05, 0) is 44.5 Å². The first-order chi connectivity index (χ1) is 13.6. The lowest BCUT2D eigenvalue weighted by Gasteiger charge is -2.13. The molecule has 6 nitrogen and oxygen atoms in total. The molecule has 0 saturated heterocycles. The van der Waals surface area contributed by atoms with E-state index in [1.807, 2.05) is 38.1 Å². The Morgan fingerprint density at radius 1 is 1.29 bits per heavy atom. The predicted molar refractivity (Wildman–Crippen MR) is 117 cm³/mol. The molecule has 0 amide bonds. The normalized spacial score (nSPS) is 13.1. The molecular formula is C20H26ClN5OS. The minimum atomic E-state index is -0.645. The largest absolute Gasteiger partial charge is 0.386 e. The first-order valence-electron chi connectivity index (χ1n) is 9.46. The molecule has 8 heteroatoms. The number of aromatic nitrogens is 2. The number of thiophene rings is 1. The predicted octanol–water partition coefficient (Wildman–Crippen LogP) is 3.74. The number of guanidine groups is 1. The number of para-hydroxylation sites is 2. The number of aliphatic hydroxyl groups is 1. The van der Waals surface area contributed by atoms with Gasteiger partial charge in [0.25, 0.3) is 0 Å². The van der Waals surface area contributed by atoms with E-state index < -0.39 is 6.10 Å². The number of nitrogens with zero attached hydrogens (tertiary/aromatic N) is 3. The van der Waals surface area contributed by atoms with Crippen LogP contribution >= 0.6 is 22.9 Å². The number of fused-ring (bicyclic) bond motifs is 1. The molecule has 28 heavy (non-hydrogen) atoms. The second kappa shape index (κ2) is 9.91. The van der Waals surface area contributed by atoms with Crippen molar-refractivity contribution in [3.8, 4) is 0 Å². The molecule has 3 aromatic rings. The number of benzene rings is 1. The van der Waals surface area contributed by atoms with Crippen molar-refractivity contribution in [1.29, 1.82) is 0 Å². The number of imidazole rings is 1. The van der Waals surface area contributed by atoms with Crippen LogP contribution in [-0.2, 0) is 6.54 Å². The summed E-state index contributed by atoms with van der Waals surface area (Å²) in [4.78, 5) is 9.92. The molecule has 0 fully saturated rings. The molecular weight excluding hydrogens is 394 g/mol. The Morgan fingerprint density at radius 3 is 2.86 bits per heavy atom. The SMILES string of the molecule is CCNC(=NCC(O)c1ccc(Cl)s1)NCCCn1c(C)nc2ccccc21. The van der Waals surface area contributed by atoms with Gasteiger partial charge in [0.1, 0.15) is 11.9 Å². The summed E-state index contributed by atoms with van der Waals surface area (Å²) in [6.45, 7) is 6.77. The Kier molecular flexibility index (Phi) is 7.30. The standard InChI is InChI=1S/C20H26ClN5OS/c1-3-22-20(24-13-17(27)18-9-10-19(21)28-18)23-11-6-12-26-14(2)25-15-7-4-5-8-16(15)26/h4-5,7-10,17,27H,3,6,11-13H2,1-2H3,(H2,22,23,24). The number of aliphatic imine (C=N–C) groups is 1. The van der Waals surface area contributed by atoms with Gasteiger partial charge in [-0.1, -0.05) is 23.7 Å². The minimum Gasteiger partial charge on any atom is -0.386 e. The fourth-order valence-corrected chi connectivity index (χ4v) is 4.08. The monoisotopic (exact) mass is 419 g/mol. The molecule has 2 heterocycles. The van der Waals surface area contributed by atoms with Gasteiger partial charge >= 0.3 is 0 Å². The van der Waals surface area contributed by atoms with Gasteiger partial charge in [0, 0.05) is 24.5 Å². The van der Waals surface area contributed by atoms with Crippen LogP contribution in [-0.4, -0.2) is 40.3 Å². The van der Waals surface area contributed by atoms with E-state index in [-0.39, 0.29) is 6.54 Å². The summed E-state index contributed by atoms with van der Waals surface area (Å²) in [5.41, 5.74) is 2.20. The molecule has 1 unspecified atom stereocenters. The van der Waals surface area contributed by atoms with Gasteiger partial charge in [0.2, 0.25) is 0 Å². The molecule has 0 radical (unpaired) electrons. The highest BCUT2D eigenvalue weighted by Crippen LogP contribution is 2.26. The molecule has 0 saturated carbocycles. The Balaban J connectivity index is 1.52. The van der Waals surface area contributed by atoms with Crippen LogP contribution < -0.4 is 10.6 Å². The molecule has 0 bridgehead atoms. The van der Waals surface area contributed by atoms with E-state index in [4.69, 9.17) is 11.6 Å². The van der Waals surface area contributed by atoms with Crippen molar-refractivity contribution in [2.75, 3.05) is 19.6 Å². The van der Waals surface area contributed by atoms with Crippen LogP contribution in [0.3, 0.4) is 0 Å². The number of nitrogens with one attached hydrogen (secondary N) is 2. The van der Waals surface area contributed by atoms with Gasteiger partial charge < -0.3 is 20.3 Å². The molecule has 2 aromatic heterocycles. The number of aliphatic hydroxyl groups excluding tert-OH is 1. The van der Waals surface area contributed by atoms with Gasteiger partial charge in [-0.2, -0.15) is 0 Å². The number of hydrogen-bond acceptors (Lipinski definition) is 4. The van der Waals surface area contributed by atoms with Gasteiger partial charge in [-0.25, -0.2) is 4.98 Å². The van der Waals surface area contributed by atoms with E-state index in [0.29, 0.717) is 10.3 Å². The van der Waals surface area contributed by atoms with Crippen LogP contribution in [0, 0.1) is 6.92 Å². The minimum absolute atomic E-state index is 0.289. The van der Waals surface area contributed by atoms with Crippen LogP contribution in [0.5, 0.6) is 0 Å². The second-order valence-corrected chi connectivity index (χ2v) is 8.20. The molecule has 150 valence electrons. The number of hydrogen-bond donors (Lipinski definition) is 3. The zero-order valence-corrected chi connectivity index (χ0v) is 17.7. The summed E-state index contributed by atoms with van der Waals surface area (Å²) in [5, 5.41) is 16.8. The van der Waals surface area contributed by atoms with Crippen molar-refractivity contribution < 1.29 is 5.11 Å². The third-order valence-electron chi connectivity index (χ3n) is 4.39. The van der Waals surface area contributed by atoms with Crippen LogP contribution in [0.15, 0.2) is 41.4 Å². The lowest BCUT2D eigenvalue weighted by atomic mass is 10.3. The van der Waals surface area contributed by atoms with Gasteiger partial charge in [-0.3, -0.25) is 4.99 Å². The molecule has 1 aromatic carbocycles. The summed E-state index contributed by atoms with van der Waals surface area (Å²) >= 11 is 7.31. The molecule has 0 aliphatic heterocycles. The summed E-state index contributed by atoms with van der Waals surface area (Å²) < 4.78 is 2.91. The molecule has 3 rings (SSSR count).